The van der Waals surface area contributed by atoms with Crippen LogP contribution in [0, 0.1) is 0 Å². The molecule has 0 aliphatic carbocycles. The molecule has 0 aliphatic heterocycles. The van der Waals surface area contributed by atoms with Gasteiger partial charge in [-0.1, -0.05) is 16.8 Å². The van der Waals surface area contributed by atoms with E-state index in [0.29, 0.717) is 57.9 Å². The van der Waals surface area contributed by atoms with Gasteiger partial charge in [-0.3, -0.25) is 4.55 Å². The average molecular weight is 643 g/mol. The molecule has 0 radical (unpaired) electrons. The van der Waals surface area contributed by atoms with Crippen LogP contribution in [0.1, 0.15) is 13.8 Å². The van der Waals surface area contributed by atoms with Gasteiger partial charge in [-0.15, -0.1) is 4.33 Å². The summed E-state index contributed by atoms with van der Waals surface area (Å²) < 4.78 is 50.0. The topological polar surface area (TPSA) is 161 Å². The minimum Gasteiger partial charge on any atom is -0.494 e. The Bertz CT molecular complexity index is 1680. The van der Waals surface area contributed by atoms with Gasteiger partial charge in [0.2, 0.25) is 0 Å². The van der Waals surface area contributed by atoms with Gasteiger partial charge in [0.05, 0.1) is 52.9 Å². The van der Waals surface area contributed by atoms with Gasteiger partial charge in [0.25, 0.3) is 10.1 Å². The Balaban J connectivity index is 1.57. The van der Waals surface area contributed by atoms with E-state index in [1.54, 1.807) is 72.8 Å². The molecule has 2 N–H and O–H groups in total. The van der Waals surface area contributed by atoms with Crippen LogP contribution in [0.3, 0.4) is 0 Å². The summed E-state index contributed by atoms with van der Waals surface area (Å²) in [6.07, 6.45) is 0. The second-order valence-corrected chi connectivity index (χ2v) is 11.5. The molecule has 0 saturated heterocycles. The maximum absolute atomic E-state index is 12.3. The maximum Gasteiger partial charge on any atom is 0.295 e. The van der Waals surface area contributed by atoms with E-state index in [-0.39, 0.29) is 15.5 Å². The first-order valence-corrected chi connectivity index (χ1v) is 15.7. The number of hydrogen-bond donors (Lipinski definition) is 2. The van der Waals surface area contributed by atoms with E-state index in [0.717, 1.165) is 17.5 Å². The maximum atomic E-state index is 12.3. The summed E-state index contributed by atoms with van der Waals surface area (Å²) in [6.45, 7) is 4.86. The zero-order valence-electron chi connectivity index (χ0n) is 22.9. The van der Waals surface area contributed by atoms with E-state index in [2.05, 4.69) is 29.8 Å². The summed E-state index contributed by atoms with van der Waals surface area (Å²) >= 11 is 1.70. The number of ether oxygens (including phenoxy) is 2. The van der Waals surface area contributed by atoms with Crippen molar-refractivity contribution in [3.05, 3.63) is 84.9 Å². The molecule has 0 bridgehead atoms. The second-order valence-electron chi connectivity index (χ2n) is 8.32. The standard InChI is InChI=1S/C28H26N4O8S3/c1-3-37-23-11-5-19(6-12-23)29-31-21-9-15-25(27(17-21)42-40-39-33)41-26-16-10-22(18-28(26)43(34,35)36)32-30-20-7-13-24(14-8-20)38-4-2/h5-18,33H,3-4H2,1-2H3,(H,34,35,36). The number of azo groups is 2. The highest BCUT2D eigenvalue weighted by molar-refractivity contribution is 8.01. The van der Waals surface area contributed by atoms with Crippen LogP contribution in [0.2, 0.25) is 0 Å². The van der Waals surface area contributed by atoms with Crippen LogP contribution in [0.25, 0.3) is 0 Å². The van der Waals surface area contributed by atoms with Gasteiger partial charge in [0, 0.05) is 9.79 Å². The van der Waals surface area contributed by atoms with E-state index in [1.807, 2.05) is 13.8 Å². The summed E-state index contributed by atoms with van der Waals surface area (Å²) in [7, 11) is -4.64. The fourth-order valence-corrected chi connectivity index (χ4v) is 6.02. The molecule has 0 aromatic heterocycles. The van der Waals surface area contributed by atoms with Gasteiger partial charge in [0.15, 0.2) is 0 Å². The highest BCUT2D eigenvalue weighted by Gasteiger charge is 2.19. The van der Waals surface area contributed by atoms with E-state index in [1.165, 1.54) is 12.1 Å². The first kappa shape index (κ1) is 32.1. The molecule has 12 nitrogen and oxygen atoms in total. The van der Waals surface area contributed by atoms with Crippen LogP contribution < -0.4 is 9.47 Å². The minimum atomic E-state index is -4.64. The molecule has 4 aromatic rings. The Kier molecular flexibility index (Phi) is 11.6. The van der Waals surface area contributed by atoms with Crippen LogP contribution in [0.5, 0.6) is 11.5 Å². The van der Waals surface area contributed by atoms with Crippen LogP contribution >= 0.6 is 23.8 Å². The van der Waals surface area contributed by atoms with Gasteiger partial charge < -0.3 is 9.47 Å². The van der Waals surface area contributed by atoms with Crippen molar-refractivity contribution in [3.63, 3.8) is 0 Å². The molecule has 0 heterocycles. The number of benzene rings is 4. The first-order valence-electron chi connectivity index (χ1n) is 12.7. The highest BCUT2D eigenvalue weighted by atomic mass is 32.2. The molecule has 4 aromatic carbocycles. The van der Waals surface area contributed by atoms with E-state index < -0.39 is 10.1 Å². The van der Waals surface area contributed by atoms with Crippen LogP contribution in [-0.4, -0.2) is 31.4 Å². The third-order valence-corrected chi connectivity index (χ3v) is 8.31. The SMILES string of the molecule is CCOc1ccc(N=Nc2ccc(Sc3ccc(N=Nc4ccc(OCC)cc4)cc3S(=O)(=O)O)c(SOOO)c2)cc1. The molecule has 0 unspecified atom stereocenters. The molecule has 0 aliphatic rings. The van der Waals surface area contributed by atoms with Crippen molar-refractivity contribution < 1.29 is 37.1 Å². The minimum absolute atomic E-state index is 0.207. The normalized spacial score (nSPS) is 11.8. The van der Waals surface area contributed by atoms with Gasteiger partial charge >= 0.3 is 0 Å². The molecule has 0 spiro atoms. The summed E-state index contributed by atoms with van der Waals surface area (Å²) in [4.78, 5) is 0.770. The molecule has 0 saturated carbocycles. The third kappa shape index (κ3) is 9.59. The molecule has 224 valence electrons. The molecular formula is C28H26N4O8S3. The molecule has 15 heteroatoms. The Hall–Kier alpha value is -3.83. The summed E-state index contributed by atoms with van der Waals surface area (Å²) in [5.74, 6) is 1.41. The van der Waals surface area contributed by atoms with Crippen LogP contribution in [0.4, 0.5) is 22.7 Å². The number of hydrogen-bond acceptors (Lipinski definition) is 13. The van der Waals surface area contributed by atoms with Crippen molar-refractivity contribution >= 4 is 56.7 Å². The fraction of sp³-hybridized carbons (Fsp3) is 0.143. The lowest BCUT2D eigenvalue weighted by Gasteiger charge is -2.11. The summed E-state index contributed by atoms with van der Waals surface area (Å²) in [6, 6.07) is 23.2. The van der Waals surface area contributed by atoms with Crippen LogP contribution in [0.15, 0.2) is 125 Å². The largest absolute Gasteiger partial charge is 0.494 e. The van der Waals surface area contributed by atoms with Crippen molar-refractivity contribution in [2.75, 3.05) is 13.2 Å². The predicted molar refractivity (Wildman–Crippen MR) is 161 cm³/mol. The molecule has 0 fully saturated rings. The second kappa shape index (κ2) is 15.6. The number of nitrogens with zero attached hydrogens (tertiary/aromatic N) is 4. The lowest BCUT2D eigenvalue weighted by Crippen LogP contribution is -2.00. The zero-order valence-corrected chi connectivity index (χ0v) is 25.3. The lowest BCUT2D eigenvalue weighted by molar-refractivity contribution is -0.432. The molecule has 0 amide bonds. The zero-order chi connectivity index (χ0) is 30.7. The smallest absolute Gasteiger partial charge is 0.295 e. The Morgan fingerprint density at radius 3 is 1.60 bits per heavy atom. The van der Waals surface area contributed by atoms with Crippen molar-refractivity contribution in [2.45, 2.75) is 33.4 Å². The van der Waals surface area contributed by atoms with Crippen LogP contribution in [-0.2, 0) is 19.5 Å². The highest BCUT2D eigenvalue weighted by Crippen LogP contribution is 2.41. The quantitative estimate of drug-likeness (QED) is 0.0446. The van der Waals surface area contributed by atoms with Gasteiger partial charge in [-0.25, -0.2) is 5.26 Å². The van der Waals surface area contributed by atoms with E-state index in [9.17, 15) is 13.0 Å². The van der Waals surface area contributed by atoms with E-state index in [4.69, 9.17) is 14.7 Å². The molecule has 0 atom stereocenters. The van der Waals surface area contributed by atoms with Crippen molar-refractivity contribution in [3.8, 4) is 11.5 Å². The Morgan fingerprint density at radius 1 is 0.651 bits per heavy atom. The predicted octanol–water partition coefficient (Wildman–Crippen LogP) is 9.14. The molecular weight excluding hydrogens is 617 g/mol. The van der Waals surface area contributed by atoms with Gasteiger partial charge in [0.1, 0.15) is 16.4 Å². The average Bonchev–Trinajstić information content (AvgIpc) is 3.00. The van der Waals surface area contributed by atoms with Gasteiger partial charge in [-0.2, -0.15) is 28.9 Å². The Morgan fingerprint density at radius 2 is 1.12 bits per heavy atom. The Labute approximate surface area is 256 Å². The third-order valence-electron chi connectivity index (χ3n) is 5.36. The van der Waals surface area contributed by atoms with Crippen molar-refractivity contribution in [1.29, 1.82) is 0 Å². The van der Waals surface area contributed by atoms with Crippen molar-refractivity contribution in [1.82, 2.24) is 0 Å². The van der Waals surface area contributed by atoms with E-state index >= 15 is 0 Å². The summed E-state index contributed by atoms with van der Waals surface area (Å²) in [5, 5.41) is 29.1. The first-order chi connectivity index (χ1) is 20.8. The fourth-order valence-electron chi connectivity index (χ4n) is 3.51. The van der Waals surface area contributed by atoms with Crippen molar-refractivity contribution in [2.24, 2.45) is 20.5 Å². The summed E-state index contributed by atoms with van der Waals surface area (Å²) in [5.41, 5.74) is 1.79. The molecule has 43 heavy (non-hydrogen) atoms. The lowest BCUT2D eigenvalue weighted by atomic mass is 10.3. The molecule has 4 rings (SSSR count). The number of rotatable bonds is 14. The van der Waals surface area contributed by atoms with Gasteiger partial charge in [-0.05, 0) is 98.8 Å². The monoisotopic (exact) mass is 642 g/mol.